The minimum Gasteiger partial charge on any atom is -0.277 e. The van der Waals surface area contributed by atoms with Gasteiger partial charge in [0.05, 0.1) is 18.3 Å². The Hall–Kier alpha value is -0.940. The van der Waals surface area contributed by atoms with E-state index in [-0.39, 0.29) is 5.91 Å². The summed E-state index contributed by atoms with van der Waals surface area (Å²) in [6, 6.07) is 0. The molecule has 0 saturated heterocycles. The molecular formula is C8H12N2O2S. The van der Waals surface area contributed by atoms with E-state index < -0.39 is 0 Å². The lowest BCUT2D eigenvalue weighted by atomic mass is 10.2. The zero-order chi connectivity index (χ0) is 9.84. The second kappa shape index (κ2) is 4.34. The highest BCUT2D eigenvalue weighted by Crippen LogP contribution is 2.20. The molecule has 5 heteroatoms. The van der Waals surface area contributed by atoms with Crippen molar-refractivity contribution in [1.29, 1.82) is 0 Å². The Morgan fingerprint density at radius 2 is 2.38 bits per heavy atom. The van der Waals surface area contributed by atoms with Gasteiger partial charge >= 0.3 is 0 Å². The van der Waals surface area contributed by atoms with Crippen molar-refractivity contribution >= 4 is 17.2 Å². The summed E-state index contributed by atoms with van der Waals surface area (Å²) >= 11 is 1.39. The minimum absolute atomic E-state index is 0.244. The van der Waals surface area contributed by atoms with Gasteiger partial charge in [-0.25, -0.2) is 10.5 Å². The van der Waals surface area contributed by atoms with Crippen LogP contribution in [0.3, 0.4) is 0 Å². The van der Waals surface area contributed by atoms with Crippen LogP contribution in [0, 0.1) is 0 Å². The average molecular weight is 200 g/mol. The first-order chi connectivity index (χ1) is 6.15. The minimum atomic E-state index is -0.244. The van der Waals surface area contributed by atoms with E-state index >= 15 is 0 Å². The highest BCUT2D eigenvalue weighted by Gasteiger charge is 2.11. The van der Waals surface area contributed by atoms with E-state index in [9.17, 15) is 4.79 Å². The maximum Gasteiger partial charge on any atom is 0.286 e. The van der Waals surface area contributed by atoms with Gasteiger partial charge < -0.3 is 0 Å². The molecule has 1 aromatic rings. The lowest BCUT2D eigenvalue weighted by Crippen LogP contribution is -2.20. The van der Waals surface area contributed by atoms with Crippen LogP contribution in [-0.4, -0.2) is 18.0 Å². The fourth-order valence-corrected chi connectivity index (χ4v) is 1.61. The van der Waals surface area contributed by atoms with E-state index in [1.54, 1.807) is 6.20 Å². The Balaban J connectivity index is 2.73. The van der Waals surface area contributed by atoms with E-state index in [4.69, 9.17) is 0 Å². The molecule has 4 nitrogen and oxygen atoms in total. The summed E-state index contributed by atoms with van der Waals surface area (Å²) in [5.41, 5.74) is 2.25. The van der Waals surface area contributed by atoms with Crippen LogP contribution in [0.2, 0.25) is 0 Å². The van der Waals surface area contributed by atoms with E-state index in [2.05, 4.69) is 15.3 Å². The van der Waals surface area contributed by atoms with Gasteiger partial charge in [0.2, 0.25) is 0 Å². The first-order valence-corrected chi connectivity index (χ1v) is 4.76. The monoisotopic (exact) mass is 200 g/mol. The Morgan fingerprint density at radius 3 is 2.85 bits per heavy atom. The molecule has 1 rings (SSSR count). The summed E-state index contributed by atoms with van der Waals surface area (Å²) in [5.74, 6) is 0.112. The molecule has 1 heterocycles. The summed E-state index contributed by atoms with van der Waals surface area (Å²) in [4.78, 5) is 20.4. The standard InChI is InChI=1S/C8H12N2O2S/c1-5(2)8-9-4-6(13-8)7(11)10-12-3/h4-5H,1-3H3,(H,10,11). The van der Waals surface area contributed by atoms with Gasteiger partial charge in [0.15, 0.2) is 0 Å². The van der Waals surface area contributed by atoms with Crippen molar-refractivity contribution < 1.29 is 9.63 Å². The van der Waals surface area contributed by atoms with Gasteiger partial charge in [-0.15, -0.1) is 11.3 Å². The SMILES string of the molecule is CONC(=O)c1cnc(C(C)C)s1. The van der Waals surface area contributed by atoms with Crippen molar-refractivity contribution in [2.45, 2.75) is 19.8 Å². The molecule has 0 bridgehead atoms. The van der Waals surface area contributed by atoms with Crippen LogP contribution in [-0.2, 0) is 4.84 Å². The van der Waals surface area contributed by atoms with Crippen LogP contribution in [0.5, 0.6) is 0 Å². The van der Waals surface area contributed by atoms with Crippen LogP contribution in [0.1, 0.15) is 34.4 Å². The van der Waals surface area contributed by atoms with E-state index in [1.807, 2.05) is 13.8 Å². The second-order valence-corrected chi connectivity index (χ2v) is 3.91. The number of amides is 1. The summed E-state index contributed by atoms with van der Waals surface area (Å²) in [6.07, 6.45) is 1.56. The third-order valence-electron chi connectivity index (χ3n) is 1.44. The van der Waals surface area contributed by atoms with Gasteiger partial charge in [-0.1, -0.05) is 13.8 Å². The van der Waals surface area contributed by atoms with Gasteiger partial charge in [0.25, 0.3) is 5.91 Å². The zero-order valence-corrected chi connectivity index (χ0v) is 8.64. The summed E-state index contributed by atoms with van der Waals surface area (Å²) in [6.45, 7) is 4.08. The van der Waals surface area contributed by atoms with Gasteiger partial charge in [-0.2, -0.15) is 0 Å². The van der Waals surface area contributed by atoms with Crippen molar-refractivity contribution in [2.24, 2.45) is 0 Å². The highest BCUT2D eigenvalue weighted by molar-refractivity contribution is 7.13. The fraction of sp³-hybridized carbons (Fsp3) is 0.500. The van der Waals surface area contributed by atoms with Crippen molar-refractivity contribution in [3.05, 3.63) is 16.1 Å². The van der Waals surface area contributed by atoms with Gasteiger partial charge in [-0.3, -0.25) is 9.63 Å². The smallest absolute Gasteiger partial charge is 0.277 e. The maximum absolute atomic E-state index is 11.2. The van der Waals surface area contributed by atoms with Crippen LogP contribution in [0.25, 0.3) is 0 Å². The van der Waals surface area contributed by atoms with E-state index in [1.165, 1.54) is 18.4 Å². The third-order valence-corrected chi connectivity index (χ3v) is 2.73. The predicted octanol–water partition coefficient (Wildman–Crippen LogP) is 1.56. The molecule has 0 aliphatic rings. The average Bonchev–Trinajstić information content (AvgIpc) is 2.52. The largest absolute Gasteiger partial charge is 0.286 e. The van der Waals surface area contributed by atoms with Crippen molar-refractivity contribution in [3.8, 4) is 0 Å². The number of hydrogen-bond acceptors (Lipinski definition) is 4. The Bertz CT molecular complexity index is 296. The van der Waals surface area contributed by atoms with Gasteiger partial charge in [0.1, 0.15) is 4.88 Å². The molecular weight excluding hydrogens is 188 g/mol. The number of nitrogens with one attached hydrogen (secondary N) is 1. The normalized spacial score (nSPS) is 10.5. The molecule has 0 saturated carbocycles. The molecule has 1 N–H and O–H groups in total. The maximum atomic E-state index is 11.2. The molecule has 0 aliphatic heterocycles. The Kier molecular flexibility index (Phi) is 3.39. The zero-order valence-electron chi connectivity index (χ0n) is 7.83. The van der Waals surface area contributed by atoms with E-state index in [0.29, 0.717) is 10.8 Å². The third kappa shape index (κ3) is 2.50. The number of rotatable bonds is 3. The number of carbonyl (C=O) groups excluding carboxylic acids is 1. The molecule has 0 fully saturated rings. The molecule has 0 spiro atoms. The summed E-state index contributed by atoms with van der Waals surface area (Å²) in [5, 5.41) is 0.959. The first kappa shape index (κ1) is 10.1. The summed E-state index contributed by atoms with van der Waals surface area (Å²) in [7, 11) is 1.41. The molecule has 1 aromatic heterocycles. The summed E-state index contributed by atoms with van der Waals surface area (Å²) < 4.78 is 0. The molecule has 0 aromatic carbocycles. The molecule has 13 heavy (non-hydrogen) atoms. The van der Waals surface area contributed by atoms with Crippen molar-refractivity contribution in [2.75, 3.05) is 7.11 Å². The van der Waals surface area contributed by atoms with Crippen molar-refractivity contribution in [1.82, 2.24) is 10.5 Å². The van der Waals surface area contributed by atoms with Gasteiger partial charge in [-0.05, 0) is 0 Å². The quantitative estimate of drug-likeness (QED) is 0.753. The van der Waals surface area contributed by atoms with Crippen LogP contribution < -0.4 is 5.48 Å². The van der Waals surface area contributed by atoms with Crippen LogP contribution >= 0.6 is 11.3 Å². The van der Waals surface area contributed by atoms with Crippen LogP contribution in [0.4, 0.5) is 0 Å². The Morgan fingerprint density at radius 1 is 1.69 bits per heavy atom. The number of nitrogens with zero attached hydrogens (tertiary/aromatic N) is 1. The number of carbonyl (C=O) groups is 1. The molecule has 0 radical (unpaired) electrons. The Labute approximate surface area is 80.9 Å². The lowest BCUT2D eigenvalue weighted by Gasteiger charge is -1.97. The molecule has 0 aliphatic carbocycles. The molecule has 72 valence electrons. The number of hydroxylamine groups is 1. The molecule has 0 atom stereocenters. The number of aromatic nitrogens is 1. The topological polar surface area (TPSA) is 51.2 Å². The van der Waals surface area contributed by atoms with Crippen molar-refractivity contribution in [3.63, 3.8) is 0 Å². The fourth-order valence-electron chi connectivity index (χ4n) is 0.803. The van der Waals surface area contributed by atoms with E-state index in [0.717, 1.165) is 5.01 Å². The highest BCUT2D eigenvalue weighted by atomic mass is 32.1. The first-order valence-electron chi connectivity index (χ1n) is 3.94. The number of thiazole rings is 1. The lowest BCUT2D eigenvalue weighted by molar-refractivity contribution is 0.0542. The molecule has 1 amide bonds. The van der Waals surface area contributed by atoms with Crippen LogP contribution in [0.15, 0.2) is 6.20 Å². The second-order valence-electron chi connectivity index (χ2n) is 2.85. The van der Waals surface area contributed by atoms with Gasteiger partial charge in [0, 0.05) is 5.92 Å². The number of hydrogen-bond donors (Lipinski definition) is 1. The molecule has 0 unspecified atom stereocenters. The predicted molar refractivity (Wildman–Crippen MR) is 50.7 cm³/mol.